The fourth-order valence-corrected chi connectivity index (χ4v) is 3.25. The number of rotatable bonds is 8. The third-order valence-electron chi connectivity index (χ3n) is 4.71. The molecule has 0 spiro atoms. The van der Waals surface area contributed by atoms with E-state index in [9.17, 15) is 0 Å². The molecule has 28 heavy (non-hydrogen) atoms. The van der Waals surface area contributed by atoms with Gasteiger partial charge in [0.25, 0.3) is 0 Å². The van der Waals surface area contributed by atoms with Crippen molar-refractivity contribution in [3.8, 4) is 23.0 Å². The number of methoxy groups -OCH3 is 4. The molecule has 0 saturated heterocycles. The molecule has 1 aliphatic heterocycles. The van der Waals surface area contributed by atoms with Crippen LogP contribution in [0.1, 0.15) is 18.1 Å². The van der Waals surface area contributed by atoms with Crippen LogP contribution in [0.25, 0.3) is 0 Å². The highest BCUT2D eigenvalue weighted by molar-refractivity contribution is 6.17. The van der Waals surface area contributed by atoms with E-state index in [0.717, 1.165) is 29.1 Å². The van der Waals surface area contributed by atoms with E-state index in [1.165, 1.54) is 0 Å². The first-order valence-electron chi connectivity index (χ1n) is 9.15. The molecular formula is C21H27N3O4. The molecule has 2 aromatic rings. The molecule has 0 atom stereocenters. The number of nitrogens with zero attached hydrogens (tertiary/aromatic N) is 2. The van der Waals surface area contributed by atoms with Crippen LogP contribution in [0.2, 0.25) is 0 Å². The Balaban J connectivity index is 2.11. The molecule has 0 saturated carbocycles. The van der Waals surface area contributed by atoms with Gasteiger partial charge < -0.3 is 29.2 Å². The molecule has 1 aliphatic rings. The second kappa shape index (κ2) is 8.84. The molecule has 3 rings (SSSR count). The summed E-state index contributed by atoms with van der Waals surface area (Å²) in [5.41, 5.74) is 3.85. The summed E-state index contributed by atoms with van der Waals surface area (Å²) in [5.74, 6) is 2.71. The lowest BCUT2D eigenvalue weighted by Gasteiger charge is -2.31. The highest BCUT2D eigenvalue weighted by Crippen LogP contribution is 2.39. The number of benzene rings is 2. The lowest BCUT2D eigenvalue weighted by Crippen LogP contribution is -2.38. The molecule has 0 bridgehead atoms. The normalized spacial score (nSPS) is 12.9. The number of aliphatic imine (C=N–C) groups is 1. The maximum Gasteiger partial charge on any atom is 0.162 e. The molecule has 0 amide bonds. The molecule has 1 N–H and O–H groups in total. The van der Waals surface area contributed by atoms with Crippen molar-refractivity contribution in [2.45, 2.75) is 6.92 Å². The molecule has 0 unspecified atom stereocenters. The Morgan fingerprint density at radius 2 is 1.54 bits per heavy atom. The highest BCUT2D eigenvalue weighted by Gasteiger charge is 2.25. The van der Waals surface area contributed by atoms with Gasteiger partial charge in [-0.1, -0.05) is 6.92 Å². The summed E-state index contributed by atoms with van der Waals surface area (Å²) in [5, 5.41) is 3.36. The summed E-state index contributed by atoms with van der Waals surface area (Å²) in [6, 6.07) is 9.80. The lowest BCUT2D eigenvalue weighted by atomic mass is 9.97. The average molecular weight is 385 g/mol. The summed E-state index contributed by atoms with van der Waals surface area (Å²) in [6.07, 6.45) is 0. The minimum absolute atomic E-state index is 0.541. The van der Waals surface area contributed by atoms with Crippen LogP contribution < -0.4 is 29.2 Å². The molecule has 1 heterocycles. The monoisotopic (exact) mass is 385 g/mol. The molecule has 7 heteroatoms. The second-order valence-corrected chi connectivity index (χ2v) is 6.24. The van der Waals surface area contributed by atoms with E-state index in [4.69, 9.17) is 23.9 Å². The molecule has 0 fully saturated rings. The molecule has 0 radical (unpaired) electrons. The topological polar surface area (TPSA) is 64.6 Å². The van der Waals surface area contributed by atoms with Gasteiger partial charge in [0.05, 0.1) is 46.5 Å². The maximum atomic E-state index is 5.53. The Hall–Kier alpha value is -2.93. The summed E-state index contributed by atoms with van der Waals surface area (Å²) >= 11 is 0. The van der Waals surface area contributed by atoms with Crippen LogP contribution in [0, 0.1) is 0 Å². The van der Waals surface area contributed by atoms with Gasteiger partial charge in [0.2, 0.25) is 0 Å². The molecule has 7 nitrogen and oxygen atoms in total. The van der Waals surface area contributed by atoms with Gasteiger partial charge in [-0.2, -0.15) is 0 Å². The standard InChI is InChI=1S/C21H27N3O4/c1-6-22-12-24-13-23-21(14-7-8-17(25-2)18(9-14)26-3)15-10-19(27-4)20(28-5)11-16(15)24/h7-11,22H,6,12-13H2,1-5H3. The van der Waals surface area contributed by atoms with Crippen molar-refractivity contribution in [3.05, 3.63) is 41.5 Å². The molecular weight excluding hydrogens is 358 g/mol. The largest absolute Gasteiger partial charge is 0.493 e. The van der Waals surface area contributed by atoms with E-state index < -0.39 is 0 Å². The predicted octanol–water partition coefficient (Wildman–Crippen LogP) is 2.90. The first-order chi connectivity index (χ1) is 13.7. The smallest absolute Gasteiger partial charge is 0.162 e. The van der Waals surface area contributed by atoms with E-state index in [1.807, 2.05) is 30.3 Å². The number of fused-ring (bicyclic) bond motifs is 1. The second-order valence-electron chi connectivity index (χ2n) is 6.24. The number of nitrogens with one attached hydrogen (secondary N) is 1. The Morgan fingerprint density at radius 1 is 0.893 bits per heavy atom. The van der Waals surface area contributed by atoms with E-state index in [0.29, 0.717) is 36.3 Å². The van der Waals surface area contributed by atoms with E-state index >= 15 is 0 Å². The van der Waals surface area contributed by atoms with Gasteiger partial charge in [0.15, 0.2) is 23.0 Å². The SMILES string of the molecule is CCNCN1CN=C(c2ccc(OC)c(OC)c2)c2cc(OC)c(OC)cc21. The van der Waals surface area contributed by atoms with Crippen molar-refractivity contribution >= 4 is 11.4 Å². The number of hydrogen-bond donors (Lipinski definition) is 1. The van der Waals surface area contributed by atoms with Gasteiger partial charge in [0, 0.05) is 17.2 Å². The molecule has 2 aromatic carbocycles. The number of anilines is 1. The van der Waals surface area contributed by atoms with Gasteiger partial charge in [0.1, 0.15) is 6.67 Å². The molecule has 0 aromatic heterocycles. The van der Waals surface area contributed by atoms with Crippen molar-refractivity contribution in [3.63, 3.8) is 0 Å². The first kappa shape index (κ1) is 19.8. The summed E-state index contributed by atoms with van der Waals surface area (Å²) < 4.78 is 21.9. The van der Waals surface area contributed by atoms with Gasteiger partial charge in [-0.25, -0.2) is 0 Å². The van der Waals surface area contributed by atoms with Crippen LogP contribution in [0.4, 0.5) is 5.69 Å². The summed E-state index contributed by atoms with van der Waals surface area (Å²) in [7, 11) is 6.53. The van der Waals surface area contributed by atoms with Gasteiger partial charge in [-0.15, -0.1) is 0 Å². The average Bonchev–Trinajstić information content (AvgIpc) is 2.75. The molecule has 150 valence electrons. The van der Waals surface area contributed by atoms with E-state index in [2.05, 4.69) is 17.1 Å². The van der Waals surface area contributed by atoms with Gasteiger partial charge in [-0.05, 0) is 30.8 Å². The third kappa shape index (κ3) is 3.71. The Bertz CT molecular complexity index is 867. The third-order valence-corrected chi connectivity index (χ3v) is 4.71. The van der Waals surface area contributed by atoms with Gasteiger partial charge in [-0.3, -0.25) is 4.99 Å². The Labute approximate surface area is 165 Å². The first-order valence-corrected chi connectivity index (χ1v) is 9.15. The summed E-state index contributed by atoms with van der Waals surface area (Å²) in [6.45, 7) is 4.20. The van der Waals surface area contributed by atoms with Crippen molar-refractivity contribution < 1.29 is 18.9 Å². The fourth-order valence-electron chi connectivity index (χ4n) is 3.25. The Morgan fingerprint density at radius 3 is 2.18 bits per heavy atom. The fraction of sp³-hybridized carbons (Fsp3) is 0.381. The predicted molar refractivity (Wildman–Crippen MR) is 111 cm³/mol. The zero-order chi connectivity index (χ0) is 20.1. The van der Waals surface area contributed by atoms with Crippen molar-refractivity contribution in [1.29, 1.82) is 0 Å². The van der Waals surface area contributed by atoms with Crippen LogP contribution in [-0.4, -0.2) is 54.0 Å². The van der Waals surface area contributed by atoms with Crippen LogP contribution >= 0.6 is 0 Å². The number of ether oxygens (including phenoxy) is 4. The minimum atomic E-state index is 0.541. The zero-order valence-electron chi connectivity index (χ0n) is 17.0. The minimum Gasteiger partial charge on any atom is -0.493 e. The summed E-state index contributed by atoms with van der Waals surface area (Å²) in [4.78, 5) is 7.02. The highest BCUT2D eigenvalue weighted by atomic mass is 16.5. The van der Waals surface area contributed by atoms with Crippen molar-refractivity contribution in [2.24, 2.45) is 4.99 Å². The Kier molecular flexibility index (Phi) is 6.26. The van der Waals surface area contributed by atoms with E-state index in [-0.39, 0.29) is 0 Å². The van der Waals surface area contributed by atoms with E-state index in [1.54, 1.807) is 28.4 Å². The lowest BCUT2D eigenvalue weighted by molar-refractivity contribution is 0.354. The number of hydrogen-bond acceptors (Lipinski definition) is 7. The zero-order valence-corrected chi connectivity index (χ0v) is 17.0. The van der Waals surface area contributed by atoms with Crippen LogP contribution in [0.15, 0.2) is 35.3 Å². The van der Waals surface area contributed by atoms with Crippen LogP contribution in [0.3, 0.4) is 0 Å². The maximum absolute atomic E-state index is 5.53. The van der Waals surface area contributed by atoms with Crippen LogP contribution in [-0.2, 0) is 0 Å². The van der Waals surface area contributed by atoms with Gasteiger partial charge >= 0.3 is 0 Å². The quantitative estimate of drug-likeness (QED) is 0.754. The molecule has 0 aliphatic carbocycles. The van der Waals surface area contributed by atoms with Crippen molar-refractivity contribution in [1.82, 2.24) is 5.32 Å². The van der Waals surface area contributed by atoms with Crippen LogP contribution in [0.5, 0.6) is 23.0 Å². The van der Waals surface area contributed by atoms with Crippen molar-refractivity contribution in [2.75, 3.05) is 53.2 Å².